The highest BCUT2D eigenvalue weighted by Crippen LogP contribution is 2.21. The van der Waals surface area contributed by atoms with Gasteiger partial charge in [0, 0.05) is 0 Å². The molecule has 17 heavy (non-hydrogen) atoms. The fraction of sp³-hybridized carbons (Fsp3) is 0.625. The van der Waals surface area contributed by atoms with Gasteiger partial charge in [0.1, 0.15) is 0 Å². The molecule has 1 aliphatic heterocycles. The number of rotatable bonds is 4. The van der Waals surface area contributed by atoms with E-state index < -0.39 is 0 Å². The minimum Gasteiger partial charge on any atom is -0.316 e. The quantitative estimate of drug-likeness (QED) is 0.832. The largest absolute Gasteiger partial charge is 0.316 e. The van der Waals surface area contributed by atoms with Crippen LogP contribution in [0.5, 0.6) is 0 Å². The van der Waals surface area contributed by atoms with Gasteiger partial charge in [-0.15, -0.1) is 0 Å². The molecule has 1 fully saturated rings. The molecular formula is C16H25N. The molecule has 2 atom stereocenters. The van der Waals surface area contributed by atoms with Gasteiger partial charge in [-0.1, -0.05) is 38.1 Å². The molecule has 1 nitrogen and oxygen atoms in total. The fourth-order valence-corrected chi connectivity index (χ4v) is 2.65. The van der Waals surface area contributed by atoms with E-state index in [1.54, 1.807) is 0 Å². The van der Waals surface area contributed by atoms with Crippen molar-refractivity contribution in [2.75, 3.05) is 13.1 Å². The summed E-state index contributed by atoms with van der Waals surface area (Å²) in [5, 5.41) is 3.49. The van der Waals surface area contributed by atoms with Crippen molar-refractivity contribution in [2.24, 2.45) is 5.92 Å². The SMILES string of the molecule is CCC(C)c1ccc(CC2CCCNC2)cc1. The summed E-state index contributed by atoms with van der Waals surface area (Å²) in [5.74, 6) is 1.54. The average molecular weight is 231 g/mol. The third kappa shape index (κ3) is 3.57. The molecule has 0 bridgehead atoms. The molecule has 1 aromatic rings. The first-order valence-corrected chi connectivity index (χ1v) is 7.09. The topological polar surface area (TPSA) is 12.0 Å². The van der Waals surface area contributed by atoms with Crippen molar-refractivity contribution in [1.82, 2.24) is 5.32 Å². The molecule has 2 unspecified atom stereocenters. The monoisotopic (exact) mass is 231 g/mol. The van der Waals surface area contributed by atoms with Gasteiger partial charge in [0.2, 0.25) is 0 Å². The van der Waals surface area contributed by atoms with Crippen molar-refractivity contribution >= 4 is 0 Å². The van der Waals surface area contributed by atoms with E-state index in [4.69, 9.17) is 0 Å². The molecule has 1 heteroatoms. The highest BCUT2D eigenvalue weighted by molar-refractivity contribution is 5.25. The van der Waals surface area contributed by atoms with Crippen LogP contribution >= 0.6 is 0 Å². The molecule has 0 radical (unpaired) electrons. The molecule has 1 N–H and O–H groups in total. The van der Waals surface area contributed by atoms with E-state index >= 15 is 0 Å². The first-order valence-electron chi connectivity index (χ1n) is 7.09. The van der Waals surface area contributed by atoms with Crippen LogP contribution in [0.25, 0.3) is 0 Å². The predicted octanol–water partition coefficient (Wildman–Crippen LogP) is 3.74. The Kier molecular flexibility index (Phi) is 4.61. The molecule has 0 aliphatic carbocycles. The van der Waals surface area contributed by atoms with E-state index in [-0.39, 0.29) is 0 Å². The van der Waals surface area contributed by atoms with Gasteiger partial charge in [-0.25, -0.2) is 0 Å². The third-order valence-electron chi connectivity index (χ3n) is 4.08. The van der Waals surface area contributed by atoms with Gasteiger partial charge in [-0.2, -0.15) is 0 Å². The standard InChI is InChI=1S/C16H25N/c1-3-13(2)16-8-6-14(7-9-16)11-15-5-4-10-17-12-15/h6-9,13,15,17H,3-5,10-12H2,1-2H3. The summed E-state index contributed by atoms with van der Waals surface area (Å²) in [6.07, 6.45) is 5.20. The molecule has 1 saturated heterocycles. The Bertz CT molecular complexity index is 322. The first kappa shape index (κ1) is 12.6. The maximum Gasteiger partial charge on any atom is -0.00173 e. The van der Waals surface area contributed by atoms with Gasteiger partial charge in [-0.05, 0) is 61.7 Å². The normalized spacial score (nSPS) is 22.4. The van der Waals surface area contributed by atoms with Crippen molar-refractivity contribution in [1.29, 1.82) is 0 Å². The molecule has 1 aromatic carbocycles. The third-order valence-corrected chi connectivity index (χ3v) is 4.08. The lowest BCUT2D eigenvalue weighted by molar-refractivity contribution is 0.376. The number of piperidine rings is 1. The van der Waals surface area contributed by atoms with Crippen molar-refractivity contribution in [3.05, 3.63) is 35.4 Å². The number of benzene rings is 1. The minimum absolute atomic E-state index is 0.695. The van der Waals surface area contributed by atoms with Crippen molar-refractivity contribution in [3.8, 4) is 0 Å². The van der Waals surface area contributed by atoms with E-state index in [9.17, 15) is 0 Å². The maximum absolute atomic E-state index is 3.49. The lowest BCUT2D eigenvalue weighted by Crippen LogP contribution is -2.30. The van der Waals surface area contributed by atoms with E-state index in [0.29, 0.717) is 5.92 Å². The van der Waals surface area contributed by atoms with Crippen LogP contribution < -0.4 is 5.32 Å². The Morgan fingerprint density at radius 3 is 2.65 bits per heavy atom. The molecule has 0 amide bonds. The molecule has 1 heterocycles. The Balaban J connectivity index is 1.93. The summed E-state index contributed by atoms with van der Waals surface area (Å²) in [5.41, 5.74) is 2.99. The van der Waals surface area contributed by atoms with Crippen molar-refractivity contribution < 1.29 is 0 Å². The summed E-state index contributed by atoms with van der Waals surface area (Å²) in [6, 6.07) is 9.30. The Morgan fingerprint density at radius 1 is 1.29 bits per heavy atom. The highest BCUT2D eigenvalue weighted by Gasteiger charge is 2.13. The fourth-order valence-electron chi connectivity index (χ4n) is 2.65. The van der Waals surface area contributed by atoms with Gasteiger partial charge in [0.25, 0.3) is 0 Å². The zero-order valence-electron chi connectivity index (χ0n) is 11.2. The van der Waals surface area contributed by atoms with Gasteiger partial charge >= 0.3 is 0 Å². The van der Waals surface area contributed by atoms with Crippen LogP contribution in [-0.2, 0) is 6.42 Å². The molecule has 94 valence electrons. The predicted molar refractivity (Wildman–Crippen MR) is 74.4 cm³/mol. The maximum atomic E-state index is 3.49. The molecule has 0 aromatic heterocycles. The van der Waals surface area contributed by atoms with Crippen LogP contribution in [0.2, 0.25) is 0 Å². The Morgan fingerprint density at radius 2 is 2.06 bits per heavy atom. The average Bonchev–Trinajstić information content (AvgIpc) is 2.40. The second-order valence-corrected chi connectivity index (χ2v) is 5.47. The van der Waals surface area contributed by atoms with Crippen molar-refractivity contribution in [3.63, 3.8) is 0 Å². The molecule has 1 aliphatic rings. The van der Waals surface area contributed by atoms with Crippen LogP contribution in [0, 0.1) is 5.92 Å². The van der Waals surface area contributed by atoms with E-state index in [2.05, 4.69) is 43.4 Å². The summed E-state index contributed by atoms with van der Waals surface area (Å²) < 4.78 is 0. The number of hydrogen-bond donors (Lipinski definition) is 1. The number of nitrogens with one attached hydrogen (secondary N) is 1. The van der Waals surface area contributed by atoms with Gasteiger partial charge in [-0.3, -0.25) is 0 Å². The van der Waals surface area contributed by atoms with Crippen LogP contribution in [0.15, 0.2) is 24.3 Å². The first-order chi connectivity index (χ1) is 8.29. The molecule has 0 saturated carbocycles. The summed E-state index contributed by atoms with van der Waals surface area (Å²) >= 11 is 0. The second kappa shape index (κ2) is 6.20. The highest BCUT2D eigenvalue weighted by atomic mass is 14.9. The Labute approximate surface area is 106 Å². The van der Waals surface area contributed by atoms with Gasteiger partial charge < -0.3 is 5.32 Å². The van der Waals surface area contributed by atoms with Gasteiger partial charge in [0.05, 0.1) is 0 Å². The number of hydrogen-bond acceptors (Lipinski definition) is 1. The molecular weight excluding hydrogens is 206 g/mol. The second-order valence-electron chi connectivity index (χ2n) is 5.47. The summed E-state index contributed by atoms with van der Waals surface area (Å²) in [6.45, 7) is 6.98. The smallest absolute Gasteiger partial charge is 0.00173 e. The van der Waals surface area contributed by atoms with Crippen molar-refractivity contribution in [2.45, 2.75) is 45.4 Å². The minimum atomic E-state index is 0.695. The van der Waals surface area contributed by atoms with E-state index in [1.165, 1.54) is 49.9 Å². The van der Waals surface area contributed by atoms with Gasteiger partial charge in [0.15, 0.2) is 0 Å². The van der Waals surface area contributed by atoms with Crippen LogP contribution in [0.4, 0.5) is 0 Å². The molecule has 0 spiro atoms. The van der Waals surface area contributed by atoms with E-state index in [1.807, 2.05) is 0 Å². The Hall–Kier alpha value is -0.820. The zero-order chi connectivity index (χ0) is 12.1. The lowest BCUT2D eigenvalue weighted by atomic mass is 9.91. The zero-order valence-corrected chi connectivity index (χ0v) is 11.2. The van der Waals surface area contributed by atoms with Crippen LogP contribution in [-0.4, -0.2) is 13.1 Å². The molecule has 2 rings (SSSR count). The van der Waals surface area contributed by atoms with Crippen LogP contribution in [0.1, 0.15) is 50.2 Å². The van der Waals surface area contributed by atoms with E-state index in [0.717, 1.165) is 5.92 Å². The van der Waals surface area contributed by atoms with Crippen LogP contribution in [0.3, 0.4) is 0 Å². The summed E-state index contributed by atoms with van der Waals surface area (Å²) in [4.78, 5) is 0. The summed E-state index contributed by atoms with van der Waals surface area (Å²) in [7, 11) is 0. The lowest BCUT2D eigenvalue weighted by Gasteiger charge is -2.22.